The van der Waals surface area contributed by atoms with Crippen molar-refractivity contribution in [2.24, 2.45) is 7.05 Å². The number of anilines is 2. The van der Waals surface area contributed by atoms with E-state index in [9.17, 15) is 4.79 Å². The monoisotopic (exact) mass is 401 g/mol. The maximum atomic E-state index is 12.2. The average Bonchev–Trinajstić information content (AvgIpc) is 3.14. The van der Waals surface area contributed by atoms with Crippen LogP contribution < -0.4 is 10.1 Å². The van der Waals surface area contributed by atoms with Crippen LogP contribution >= 0.6 is 11.8 Å². The van der Waals surface area contributed by atoms with E-state index in [-0.39, 0.29) is 18.1 Å². The molecule has 10 nitrogen and oxygen atoms in total. The van der Waals surface area contributed by atoms with E-state index in [4.69, 9.17) is 9.47 Å². The molecule has 0 atom stereocenters. The molecule has 0 unspecified atom stereocenters. The summed E-state index contributed by atoms with van der Waals surface area (Å²) in [6.45, 7) is 1.93. The number of carbonyl (C=O) groups excluding carboxylic acids is 1. The number of aryl methyl sites for hydroxylation is 1. The molecular formula is C17H19N7O3S. The predicted octanol–water partition coefficient (Wildman–Crippen LogP) is 2.32. The number of hydrogen-bond acceptors (Lipinski definition) is 10. The van der Waals surface area contributed by atoms with E-state index in [2.05, 4.69) is 30.6 Å². The molecular weight excluding hydrogens is 382 g/mol. The maximum Gasteiger partial charge on any atom is 0.362 e. The number of nitrogens with zero attached hydrogens (tertiary/aromatic N) is 6. The summed E-state index contributed by atoms with van der Waals surface area (Å²) >= 11 is 1.31. The lowest BCUT2D eigenvalue weighted by Gasteiger charge is -2.14. The first-order valence-corrected chi connectivity index (χ1v) is 9.55. The Morgan fingerprint density at radius 2 is 2.14 bits per heavy atom. The number of para-hydroxylation sites is 1. The topological polar surface area (TPSA) is 117 Å². The number of esters is 1. The van der Waals surface area contributed by atoms with Crippen molar-refractivity contribution >= 4 is 29.2 Å². The van der Waals surface area contributed by atoms with Gasteiger partial charge in [-0.05, 0) is 25.3 Å². The minimum absolute atomic E-state index is 0.0110. The zero-order chi connectivity index (χ0) is 20.1. The minimum atomic E-state index is -0.612. The van der Waals surface area contributed by atoms with Gasteiger partial charge in [-0.15, -0.1) is 10.2 Å². The lowest BCUT2D eigenvalue weighted by Crippen LogP contribution is -2.14. The molecule has 3 aromatic rings. The second kappa shape index (κ2) is 8.65. The fourth-order valence-electron chi connectivity index (χ4n) is 2.44. The molecule has 0 aliphatic carbocycles. The van der Waals surface area contributed by atoms with E-state index in [0.29, 0.717) is 28.0 Å². The largest absolute Gasteiger partial charge is 0.494 e. The standard InChI is InChI=1S/C17H19N7O3S/c1-5-27-16(25)12-15(20-17(28-4)22-21-12)19-11-8-6-7-10(13(11)26-3)14-18-9-24(2)23-14/h6-9H,5H2,1-4H3,(H,19,20,22). The number of thioether (sulfide) groups is 1. The Kier molecular flexibility index (Phi) is 6.04. The predicted molar refractivity (Wildman–Crippen MR) is 104 cm³/mol. The molecule has 2 heterocycles. The first-order chi connectivity index (χ1) is 13.6. The van der Waals surface area contributed by atoms with Gasteiger partial charge >= 0.3 is 5.97 Å². The van der Waals surface area contributed by atoms with Gasteiger partial charge in [0.25, 0.3) is 0 Å². The first-order valence-electron chi connectivity index (χ1n) is 8.33. The van der Waals surface area contributed by atoms with Crippen LogP contribution in [0.2, 0.25) is 0 Å². The molecule has 0 saturated carbocycles. The van der Waals surface area contributed by atoms with Crippen molar-refractivity contribution in [2.45, 2.75) is 12.1 Å². The highest BCUT2D eigenvalue weighted by Crippen LogP contribution is 2.36. The van der Waals surface area contributed by atoms with Crippen LogP contribution in [0.15, 0.2) is 29.7 Å². The maximum absolute atomic E-state index is 12.2. The smallest absolute Gasteiger partial charge is 0.362 e. The molecule has 11 heteroatoms. The van der Waals surface area contributed by atoms with Crippen LogP contribution in [0.3, 0.4) is 0 Å². The number of ether oxygens (including phenoxy) is 2. The summed E-state index contributed by atoms with van der Waals surface area (Å²) in [5.74, 6) is 0.633. The fourth-order valence-corrected chi connectivity index (χ4v) is 2.75. The zero-order valence-electron chi connectivity index (χ0n) is 15.8. The summed E-state index contributed by atoms with van der Waals surface area (Å²) in [4.78, 5) is 20.9. The molecule has 0 saturated heterocycles. The summed E-state index contributed by atoms with van der Waals surface area (Å²) in [6.07, 6.45) is 3.42. The molecule has 2 aromatic heterocycles. The summed E-state index contributed by atoms with van der Waals surface area (Å²) < 4.78 is 12.2. The molecule has 0 aliphatic heterocycles. The summed E-state index contributed by atoms with van der Waals surface area (Å²) in [6, 6.07) is 5.46. The molecule has 28 heavy (non-hydrogen) atoms. The van der Waals surface area contributed by atoms with Gasteiger partial charge in [0.2, 0.25) is 10.9 Å². The molecule has 0 fully saturated rings. The first kappa shape index (κ1) is 19.5. The van der Waals surface area contributed by atoms with Crippen LogP contribution in [0.25, 0.3) is 11.4 Å². The molecule has 0 spiro atoms. The van der Waals surface area contributed by atoms with E-state index in [1.54, 1.807) is 38.2 Å². The van der Waals surface area contributed by atoms with Crippen LogP contribution in [0.4, 0.5) is 11.5 Å². The van der Waals surface area contributed by atoms with Crippen molar-refractivity contribution in [2.75, 3.05) is 25.3 Å². The quantitative estimate of drug-likeness (QED) is 0.467. The third kappa shape index (κ3) is 4.03. The highest BCUT2D eigenvalue weighted by atomic mass is 32.2. The normalized spacial score (nSPS) is 10.6. The van der Waals surface area contributed by atoms with E-state index >= 15 is 0 Å². The van der Waals surface area contributed by atoms with Gasteiger partial charge in [-0.3, -0.25) is 4.68 Å². The van der Waals surface area contributed by atoms with Crippen LogP contribution in [0, 0.1) is 0 Å². The van der Waals surface area contributed by atoms with Gasteiger partial charge in [-0.25, -0.2) is 14.8 Å². The average molecular weight is 401 g/mol. The van der Waals surface area contributed by atoms with E-state index in [0.717, 1.165) is 0 Å². The van der Waals surface area contributed by atoms with Gasteiger partial charge < -0.3 is 14.8 Å². The number of aromatic nitrogens is 6. The van der Waals surface area contributed by atoms with Crippen molar-refractivity contribution < 1.29 is 14.3 Å². The number of carbonyl (C=O) groups is 1. The molecule has 0 bridgehead atoms. The molecule has 1 N–H and O–H groups in total. The third-order valence-electron chi connectivity index (χ3n) is 3.63. The van der Waals surface area contributed by atoms with Crippen molar-refractivity contribution in [3.63, 3.8) is 0 Å². The van der Waals surface area contributed by atoms with Gasteiger partial charge in [-0.2, -0.15) is 5.10 Å². The molecule has 1 aromatic carbocycles. The number of nitrogens with one attached hydrogen (secondary N) is 1. The lowest BCUT2D eigenvalue weighted by molar-refractivity contribution is 0.0518. The molecule has 0 amide bonds. The van der Waals surface area contributed by atoms with Crippen LogP contribution in [0.5, 0.6) is 5.75 Å². The van der Waals surface area contributed by atoms with Crippen LogP contribution in [-0.4, -0.2) is 55.9 Å². The Morgan fingerprint density at radius 3 is 2.79 bits per heavy atom. The SMILES string of the molecule is CCOC(=O)c1nnc(SC)nc1Nc1cccc(-c2ncn(C)n2)c1OC. The number of methoxy groups -OCH3 is 1. The van der Waals surface area contributed by atoms with Gasteiger partial charge in [-0.1, -0.05) is 17.8 Å². The minimum Gasteiger partial charge on any atom is -0.494 e. The van der Waals surface area contributed by atoms with E-state index in [1.807, 2.05) is 18.4 Å². The Labute approximate surface area is 165 Å². The number of rotatable bonds is 7. The van der Waals surface area contributed by atoms with E-state index < -0.39 is 5.97 Å². The summed E-state index contributed by atoms with van der Waals surface area (Å²) in [7, 11) is 3.33. The van der Waals surface area contributed by atoms with Crippen molar-refractivity contribution in [3.05, 3.63) is 30.2 Å². The van der Waals surface area contributed by atoms with Gasteiger partial charge in [0.05, 0.1) is 25.0 Å². The molecule has 3 rings (SSSR count). The Bertz CT molecular complexity index is 993. The second-order valence-electron chi connectivity index (χ2n) is 5.47. The van der Waals surface area contributed by atoms with Crippen molar-refractivity contribution in [3.8, 4) is 17.1 Å². The fraction of sp³-hybridized carbons (Fsp3) is 0.294. The van der Waals surface area contributed by atoms with Crippen LogP contribution in [0.1, 0.15) is 17.4 Å². The Balaban J connectivity index is 2.05. The van der Waals surface area contributed by atoms with Crippen molar-refractivity contribution in [1.82, 2.24) is 29.9 Å². The Morgan fingerprint density at radius 1 is 1.32 bits per heavy atom. The van der Waals surface area contributed by atoms with Gasteiger partial charge in [0.1, 0.15) is 6.33 Å². The molecule has 0 radical (unpaired) electrons. The summed E-state index contributed by atoms with van der Waals surface area (Å²) in [5.41, 5.74) is 1.26. The van der Waals surface area contributed by atoms with Gasteiger partial charge in [0, 0.05) is 7.05 Å². The van der Waals surface area contributed by atoms with E-state index in [1.165, 1.54) is 11.8 Å². The zero-order valence-corrected chi connectivity index (χ0v) is 16.6. The van der Waals surface area contributed by atoms with Crippen LogP contribution in [-0.2, 0) is 11.8 Å². The summed E-state index contributed by atoms with van der Waals surface area (Å²) in [5, 5.41) is 15.7. The second-order valence-corrected chi connectivity index (χ2v) is 6.24. The Hall–Kier alpha value is -3.21. The van der Waals surface area contributed by atoms with Gasteiger partial charge in [0.15, 0.2) is 17.4 Å². The van der Waals surface area contributed by atoms with Crippen molar-refractivity contribution in [1.29, 1.82) is 0 Å². The highest BCUT2D eigenvalue weighted by molar-refractivity contribution is 7.98. The molecule has 0 aliphatic rings. The number of hydrogen-bond donors (Lipinski definition) is 1. The molecule has 146 valence electrons. The number of benzene rings is 1. The highest BCUT2D eigenvalue weighted by Gasteiger charge is 2.21. The third-order valence-corrected chi connectivity index (χ3v) is 4.17. The lowest BCUT2D eigenvalue weighted by atomic mass is 10.1.